The normalized spacial score (nSPS) is 17.5. The molecular weight excluding hydrogens is 1420 g/mol. The Morgan fingerprint density at radius 1 is 0.888 bits per heavy atom. The number of β-amino-alcohol motifs (C(OH)–C–C–N with tert-alkyl or cyclic N) is 1. The number of ketones is 2. The molecule has 7 aromatic rings. The number of allylic oxidation sites excluding steroid dienone is 1. The molecule has 25 nitrogen and oxygen atoms in total. The predicted molar refractivity (Wildman–Crippen MR) is 417 cm³/mol. The summed E-state index contributed by atoms with van der Waals surface area (Å²) >= 11 is 7.81. The van der Waals surface area contributed by atoms with E-state index in [4.69, 9.17) is 31.5 Å². The SMILES string of the molecule is CC1(C)CCC(CN2CCN(c3ccc(C(=O)CS(=O)(=O)c4ccc(NCC5CCNCC5)c([N+](=O)[O-])c4)c(Oc4cnc5[nH]ccc5c4)c3)CC2)=C(c2ccc(Cl)cc2)C1.Cc1ncsc1-c1ccc(CNC(=O)[C@@H]2C[C@@H](O)CN2C(=O)[C@@H](NC(=O)CCC(=O)CCCOCCOCCN)C(C)(C)C)cc1. The van der Waals surface area contributed by atoms with Gasteiger partial charge < -0.3 is 61.1 Å². The number of nitrogens with two attached hydrogens (primary N) is 1. The second-order valence-corrected chi connectivity index (χ2v) is 33.1. The highest BCUT2D eigenvalue weighted by Crippen LogP contribution is 2.44. The molecule has 0 saturated carbocycles. The fraction of sp³-hybridized carbons (Fsp3) is 0.481. The molecule has 3 atom stereocenters. The van der Waals surface area contributed by atoms with Gasteiger partial charge in [-0.1, -0.05) is 88.2 Å². The number of carbonyl (C=O) groups is 5. The highest BCUT2D eigenvalue weighted by molar-refractivity contribution is 7.92. The molecule has 4 aromatic carbocycles. The summed E-state index contributed by atoms with van der Waals surface area (Å²) in [6.45, 7) is 20.9. The first-order chi connectivity index (χ1) is 51.2. The molecule has 8 N–H and O–H groups in total. The lowest BCUT2D eigenvalue weighted by Crippen LogP contribution is -2.57. The number of aliphatic hydroxyl groups excluding tert-OH is 1. The van der Waals surface area contributed by atoms with Crippen LogP contribution in [0.3, 0.4) is 0 Å². The van der Waals surface area contributed by atoms with E-state index in [0.29, 0.717) is 63.3 Å². The number of thiazole rings is 1. The number of fused-ring (bicyclic) bond motifs is 1. The number of sulfone groups is 1. The van der Waals surface area contributed by atoms with Gasteiger partial charge in [0.05, 0.1) is 63.6 Å². The molecule has 0 unspecified atom stereocenters. The van der Waals surface area contributed by atoms with Crippen LogP contribution in [0.1, 0.15) is 126 Å². The Bertz CT molecular complexity index is 4380. The van der Waals surface area contributed by atoms with Crippen LogP contribution in [-0.4, -0.2) is 188 Å². The van der Waals surface area contributed by atoms with Gasteiger partial charge in [0, 0.05) is 126 Å². The van der Waals surface area contributed by atoms with E-state index in [9.17, 15) is 47.6 Å². The molecule has 0 bridgehead atoms. The Labute approximate surface area is 635 Å². The molecule has 4 aliphatic rings. The van der Waals surface area contributed by atoms with Gasteiger partial charge in [-0.2, -0.15) is 0 Å². The summed E-state index contributed by atoms with van der Waals surface area (Å²) in [5.74, 6) is -1.97. The fourth-order valence-electron chi connectivity index (χ4n) is 13.9. The van der Waals surface area contributed by atoms with Crippen molar-refractivity contribution in [1.29, 1.82) is 0 Å². The highest BCUT2D eigenvalue weighted by atomic mass is 35.5. The van der Waals surface area contributed by atoms with Crippen LogP contribution >= 0.6 is 22.9 Å². The number of likely N-dealkylation sites (tertiary alicyclic amines) is 1. The second-order valence-electron chi connectivity index (χ2n) is 29.9. The number of benzene rings is 4. The number of nitrogens with one attached hydrogen (secondary N) is 5. The number of ether oxygens (including phenoxy) is 3. The predicted octanol–water partition coefficient (Wildman–Crippen LogP) is 11.1. The first kappa shape index (κ1) is 81.0. The fourth-order valence-corrected chi connectivity index (χ4v) is 16.0. The van der Waals surface area contributed by atoms with Crippen LogP contribution in [0.25, 0.3) is 27.0 Å². The van der Waals surface area contributed by atoms with E-state index in [2.05, 4.69) is 72.0 Å². The third-order valence-electron chi connectivity index (χ3n) is 20.0. The topological polar surface area (TPSA) is 336 Å². The number of nitro benzene ring substituents is 1. The average molecular weight is 1530 g/mol. The number of rotatable bonds is 32. The van der Waals surface area contributed by atoms with E-state index in [-0.39, 0.29) is 83.5 Å². The smallest absolute Gasteiger partial charge is 0.293 e. The van der Waals surface area contributed by atoms with Gasteiger partial charge in [0.2, 0.25) is 17.7 Å². The first-order valence-corrected chi connectivity index (χ1v) is 39.7. The Balaban J connectivity index is 0.000000239. The van der Waals surface area contributed by atoms with Crippen molar-refractivity contribution < 1.29 is 56.6 Å². The summed E-state index contributed by atoms with van der Waals surface area (Å²) in [7, 11) is -4.29. The van der Waals surface area contributed by atoms with E-state index in [1.54, 1.807) is 41.9 Å². The number of pyridine rings is 1. The monoisotopic (exact) mass is 1520 g/mol. The van der Waals surface area contributed by atoms with Gasteiger partial charge in [0.15, 0.2) is 15.6 Å². The number of aryl methyl sites for hydroxylation is 1. The number of halogens is 1. The highest BCUT2D eigenvalue weighted by Gasteiger charge is 2.45. The van der Waals surface area contributed by atoms with Crippen molar-refractivity contribution in [3.05, 3.63) is 158 Å². The zero-order chi connectivity index (χ0) is 76.4. The largest absolute Gasteiger partial charge is 0.455 e. The van der Waals surface area contributed by atoms with Gasteiger partial charge in [-0.15, -0.1) is 11.3 Å². The third kappa shape index (κ3) is 22.8. The summed E-state index contributed by atoms with van der Waals surface area (Å²) in [4.78, 5) is 96.5. The molecule has 574 valence electrons. The first-order valence-electron chi connectivity index (χ1n) is 36.8. The molecule has 0 radical (unpaired) electrons. The molecule has 6 heterocycles. The Morgan fingerprint density at radius 3 is 2.32 bits per heavy atom. The van der Waals surface area contributed by atoms with Crippen molar-refractivity contribution >= 4 is 95.7 Å². The van der Waals surface area contributed by atoms with Crippen LogP contribution in [-0.2, 0) is 45.0 Å². The van der Waals surface area contributed by atoms with Crippen molar-refractivity contribution in [2.75, 3.05) is 108 Å². The number of hydrogen-bond donors (Lipinski definition) is 7. The van der Waals surface area contributed by atoms with E-state index < -0.39 is 61.7 Å². The molecule has 1 aliphatic carbocycles. The van der Waals surface area contributed by atoms with Crippen LogP contribution in [0.2, 0.25) is 5.02 Å². The van der Waals surface area contributed by atoms with E-state index in [0.717, 1.165) is 122 Å². The standard InChI is InChI=1S/C46H52ClN7O6S.C33H49N5O7S/c1-46(2)15-11-34(40(26-46)32-3-5-35(47)6-4-32)29-52-19-21-53(22-20-52)36-7-9-39(44(24-36)60-37-23-33-14-18-49-45(33)51-28-37)43(55)30-61(58,59)38-8-10-41(42(25-38)54(56)57)50-27-31-12-16-48-17-13-31;1-22-29(46-21-36-22)24-9-7-23(8-10-24)19-35-31(42)27-18-26(40)20-38(27)32(43)30(33(2,3)4)37-28(41)12-11-25(39)6-5-14-44-16-17-45-15-13-34/h3-10,14,18,23-25,28,31,48,50H,11-13,15-17,19-22,26-27,29-30H2,1-2H3,(H,49,51);7-10,21,26-27,30,40H,5-6,11-20,34H2,1-4H3,(H,35,42)(H,37,41)/t;26-,27+,30-/m.1/s1. The van der Waals surface area contributed by atoms with Crippen molar-refractivity contribution in [3.63, 3.8) is 0 Å². The number of aromatic nitrogens is 3. The number of aromatic amines is 1. The molecule has 11 rings (SSSR count). The zero-order valence-corrected chi connectivity index (χ0v) is 64.4. The lowest BCUT2D eigenvalue weighted by molar-refractivity contribution is -0.384. The molecule has 3 amide bonds. The number of Topliss-reactive ketones (excluding diaryl/α,β-unsaturated/α-hetero) is 2. The van der Waals surface area contributed by atoms with Crippen LogP contribution in [0.5, 0.6) is 11.5 Å². The van der Waals surface area contributed by atoms with Gasteiger partial charge in [-0.25, -0.2) is 18.4 Å². The molecule has 3 saturated heterocycles. The van der Waals surface area contributed by atoms with Crippen molar-refractivity contribution in [2.45, 2.75) is 135 Å². The van der Waals surface area contributed by atoms with E-state index in [1.165, 1.54) is 33.7 Å². The average Bonchev–Trinajstić information content (AvgIpc) is 1.20. The van der Waals surface area contributed by atoms with Gasteiger partial charge in [-0.3, -0.25) is 39.0 Å². The number of H-pyrrole nitrogens is 1. The summed E-state index contributed by atoms with van der Waals surface area (Å²) < 4.78 is 44.6. The molecule has 3 fully saturated rings. The summed E-state index contributed by atoms with van der Waals surface area (Å²) in [6.07, 6.45) is 8.49. The second kappa shape index (κ2) is 37.5. The molecule has 0 spiro atoms. The van der Waals surface area contributed by atoms with Crippen LogP contribution in [0, 0.1) is 33.8 Å². The number of aliphatic hydroxyl groups is 1. The van der Waals surface area contributed by atoms with Crippen molar-refractivity contribution in [3.8, 4) is 21.9 Å². The quantitative estimate of drug-likeness (QED) is 0.00891. The minimum absolute atomic E-state index is 0.0119. The van der Waals surface area contributed by atoms with Crippen LogP contribution in [0.4, 0.5) is 17.1 Å². The van der Waals surface area contributed by atoms with E-state index in [1.807, 2.05) is 81.7 Å². The number of anilines is 2. The lowest BCUT2D eigenvalue weighted by Gasteiger charge is -2.39. The van der Waals surface area contributed by atoms with Gasteiger partial charge in [0.1, 0.15) is 46.5 Å². The zero-order valence-electron chi connectivity index (χ0n) is 62.0. The number of nitro groups is 1. The maximum absolute atomic E-state index is 14.0. The number of piperidine rings is 1. The van der Waals surface area contributed by atoms with Gasteiger partial charge in [0.25, 0.3) is 5.69 Å². The molecule has 28 heteroatoms. The maximum atomic E-state index is 14.0. The molecule has 3 aliphatic heterocycles. The van der Waals surface area contributed by atoms with Crippen molar-refractivity contribution in [2.24, 2.45) is 22.5 Å². The van der Waals surface area contributed by atoms with Crippen LogP contribution < -0.4 is 36.6 Å². The lowest BCUT2D eigenvalue weighted by atomic mass is 9.72. The number of piperazine rings is 1. The molecule has 107 heavy (non-hydrogen) atoms. The number of amides is 3. The number of carbonyl (C=O) groups excluding carboxylic acids is 5. The van der Waals surface area contributed by atoms with Crippen LogP contribution in [0.15, 0.2) is 125 Å². The number of nitrogens with zero attached hydrogens (tertiary/aromatic N) is 6. The Hall–Kier alpha value is -8.51. The van der Waals surface area contributed by atoms with Gasteiger partial charge in [-0.05, 0) is 146 Å². The van der Waals surface area contributed by atoms with Gasteiger partial charge >= 0.3 is 0 Å². The maximum Gasteiger partial charge on any atom is 0.293 e. The minimum Gasteiger partial charge on any atom is -0.455 e. The molecular formula is C79H101ClN12O13S2. The van der Waals surface area contributed by atoms with E-state index >= 15 is 0 Å². The Kier molecular flexibility index (Phi) is 28.4. The molecule has 3 aromatic heterocycles. The number of hydrogen-bond acceptors (Lipinski definition) is 21. The third-order valence-corrected chi connectivity index (χ3v) is 22.8. The summed E-state index contributed by atoms with van der Waals surface area (Å²) in [5.41, 5.74) is 15.2. The van der Waals surface area contributed by atoms with Crippen molar-refractivity contribution in [1.82, 2.24) is 40.7 Å². The summed E-state index contributed by atoms with van der Waals surface area (Å²) in [6, 6.07) is 26.9. The Morgan fingerprint density at radius 2 is 1.62 bits per heavy atom. The summed E-state index contributed by atoms with van der Waals surface area (Å²) in [5, 5.41) is 36.2. The minimum atomic E-state index is -4.29.